The molecule has 1 heterocycles. The van der Waals surface area contributed by atoms with Crippen molar-refractivity contribution in [1.29, 1.82) is 5.26 Å². The topological polar surface area (TPSA) is 75.6 Å². The number of benzene rings is 1. The molecule has 0 atom stereocenters. The lowest BCUT2D eigenvalue weighted by Crippen LogP contribution is -2.02. The van der Waals surface area contributed by atoms with Gasteiger partial charge in [-0.2, -0.15) is 5.26 Å². The summed E-state index contributed by atoms with van der Waals surface area (Å²) >= 11 is 4.90. The monoisotopic (exact) mass is 334 g/mol. The summed E-state index contributed by atoms with van der Waals surface area (Å²) in [5.41, 5.74) is 7.88. The Morgan fingerprint density at radius 3 is 2.58 bits per heavy atom. The molecule has 2 aromatic rings. The maximum Gasteiger partial charge on any atom is 0.190 e. The number of nitrogens with two attached hydrogens (primary N) is 1. The van der Waals surface area contributed by atoms with Crippen LogP contribution >= 0.6 is 27.7 Å². The van der Waals surface area contributed by atoms with E-state index in [0.29, 0.717) is 16.4 Å². The van der Waals surface area contributed by atoms with Crippen LogP contribution in [-0.4, -0.2) is 9.97 Å². The van der Waals surface area contributed by atoms with E-state index in [2.05, 4.69) is 25.9 Å². The Morgan fingerprint density at radius 1 is 1.32 bits per heavy atom. The minimum atomic E-state index is 0.244. The van der Waals surface area contributed by atoms with Crippen LogP contribution in [0.3, 0.4) is 0 Å². The van der Waals surface area contributed by atoms with Crippen LogP contribution in [0.5, 0.6) is 0 Å². The lowest BCUT2D eigenvalue weighted by molar-refractivity contribution is 0.932. The molecule has 0 saturated carbocycles. The van der Waals surface area contributed by atoms with Crippen molar-refractivity contribution in [2.45, 2.75) is 17.8 Å². The Hall–Kier alpha value is -1.58. The minimum Gasteiger partial charge on any atom is -0.382 e. The molecule has 2 N–H and O–H groups in total. The molecule has 0 unspecified atom stereocenters. The van der Waals surface area contributed by atoms with Crippen molar-refractivity contribution in [3.8, 4) is 6.07 Å². The van der Waals surface area contributed by atoms with Gasteiger partial charge in [-0.15, -0.1) is 0 Å². The average molecular weight is 335 g/mol. The molecule has 0 aliphatic rings. The summed E-state index contributed by atoms with van der Waals surface area (Å²) in [6.07, 6.45) is 0. The predicted molar refractivity (Wildman–Crippen MR) is 79.6 cm³/mol. The number of hydrogen-bond acceptors (Lipinski definition) is 5. The van der Waals surface area contributed by atoms with E-state index in [1.54, 1.807) is 6.92 Å². The van der Waals surface area contributed by atoms with Crippen LogP contribution in [0.15, 0.2) is 33.9 Å². The molecule has 0 aliphatic heterocycles. The number of thioether (sulfide) groups is 1. The van der Waals surface area contributed by atoms with Gasteiger partial charge in [-0.25, -0.2) is 9.97 Å². The number of nitrogens with zero attached hydrogens (tertiary/aromatic N) is 3. The molecular formula is C13H11BrN4S. The summed E-state index contributed by atoms with van der Waals surface area (Å²) in [5, 5.41) is 9.50. The summed E-state index contributed by atoms with van der Waals surface area (Å²) in [5.74, 6) is 1.01. The van der Waals surface area contributed by atoms with Gasteiger partial charge in [0.1, 0.15) is 17.5 Å². The second-order valence-corrected chi connectivity index (χ2v) is 5.74. The zero-order valence-corrected chi connectivity index (χ0v) is 12.6. The van der Waals surface area contributed by atoms with E-state index < -0.39 is 0 Å². The van der Waals surface area contributed by atoms with E-state index in [1.807, 2.05) is 30.3 Å². The number of aryl methyl sites for hydroxylation is 1. The SMILES string of the molecule is Cc1nc(SCc2ccc(Br)cc2)nc(N)c1C#N. The van der Waals surface area contributed by atoms with Crippen LogP contribution in [-0.2, 0) is 5.75 Å². The number of halogens is 1. The predicted octanol–water partition coefficient (Wildman–Crippen LogP) is 3.29. The fourth-order valence-corrected chi connectivity index (χ4v) is 2.62. The van der Waals surface area contributed by atoms with Gasteiger partial charge in [0.25, 0.3) is 0 Å². The maximum atomic E-state index is 8.90. The van der Waals surface area contributed by atoms with Crippen molar-refractivity contribution in [3.63, 3.8) is 0 Å². The molecule has 0 amide bonds. The molecule has 0 radical (unpaired) electrons. The van der Waals surface area contributed by atoms with Gasteiger partial charge < -0.3 is 5.73 Å². The summed E-state index contributed by atoms with van der Waals surface area (Å²) in [7, 11) is 0. The molecular weight excluding hydrogens is 324 g/mol. The van der Waals surface area contributed by atoms with E-state index in [1.165, 1.54) is 17.3 Å². The summed E-state index contributed by atoms with van der Waals surface area (Å²) in [6, 6.07) is 10.1. The van der Waals surface area contributed by atoms with Crippen molar-refractivity contribution < 1.29 is 0 Å². The van der Waals surface area contributed by atoms with Crippen molar-refractivity contribution in [2.75, 3.05) is 5.73 Å². The average Bonchev–Trinajstić information content (AvgIpc) is 2.38. The Bertz CT molecular complexity index is 611. The van der Waals surface area contributed by atoms with Gasteiger partial charge in [-0.3, -0.25) is 0 Å². The highest BCUT2D eigenvalue weighted by Gasteiger charge is 2.09. The van der Waals surface area contributed by atoms with Crippen LogP contribution in [0.1, 0.15) is 16.8 Å². The Balaban J connectivity index is 2.12. The van der Waals surface area contributed by atoms with Gasteiger partial charge >= 0.3 is 0 Å². The third-order valence-electron chi connectivity index (χ3n) is 2.49. The van der Waals surface area contributed by atoms with Crippen LogP contribution in [0.4, 0.5) is 5.82 Å². The maximum absolute atomic E-state index is 8.90. The lowest BCUT2D eigenvalue weighted by Gasteiger charge is -2.05. The molecule has 0 aliphatic carbocycles. The summed E-state index contributed by atoms with van der Waals surface area (Å²) in [6.45, 7) is 1.76. The van der Waals surface area contributed by atoms with Gasteiger partial charge in [0.2, 0.25) is 0 Å². The van der Waals surface area contributed by atoms with E-state index in [-0.39, 0.29) is 5.82 Å². The number of nitrogen functional groups attached to an aromatic ring is 1. The molecule has 1 aromatic heterocycles. The van der Waals surface area contributed by atoms with Gasteiger partial charge in [-0.1, -0.05) is 39.8 Å². The smallest absolute Gasteiger partial charge is 0.190 e. The Labute approximate surface area is 124 Å². The van der Waals surface area contributed by atoms with Gasteiger partial charge in [0.05, 0.1) is 5.69 Å². The first kappa shape index (κ1) is 13.8. The molecule has 0 spiro atoms. The van der Waals surface area contributed by atoms with E-state index in [9.17, 15) is 0 Å². The van der Waals surface area contributed by atoms with E-state index in [4.69, 9.17) is 11.0 Å². The number of rotatable bonds is 3. The molecule has 0 bridgehead atoms. The van der Waals surface area contributed by atoms with Crippen LogP contribution < -0.4 is 5.73 Å². The third-order valence-corrected chi connectivity index (χ3v) is 3.94. The zero-order chi connectivity index (χ0) is 13.8. The summed E-state index contributed by atoms with van der Waals surface area (Å²) in [4.78, 5) is 8.41. The van der Waals surface area contributed by atoms with Gasteiger partial charge in [0, 0.05) is 10.2 Å². The van der Waals surface area contributed by atoms with Gasteiger partial charge in [0.15, 0.2) is 5.16 Å². The second kappa shape index (κ2) is 6.04. The minimum absolute atomic E-state index is 0.244. The standard InChI is InChI=1S/C13H11BrN4S/c1-8-11(6-15)12(16)18-13(17-8)19-7-9-2-4-10(14)5-3-9/h2-5H,7H2,1H3,(H2,16,17,18). The third kappa shape index (κ3) is 3.46. The fourth-order valence-electron chi connectivity index (χ4n) is 1.50. The van der Waals surface area contributed by atoms with E-state index in [0.717, 1.165) is 10.2 Å². The molecule has 96 valence electrons. The Morgan fingerprint density at radius 2 is 2.00 bits per heavy atom. The first-order chi connectivity index (χ1) is 9.10. The largest absolute Gasteiger partial charge is 0.382 e. The molecule has 2 rings (SSSR count). The number of aromatic nitrogens is 2. The molecule has 6 heteroatoms. The van der Waals surface area contributed by atoms with Crippen molar-refractivity contribution in [1.82, 2.24) is 9.97 Å². The lowest BCUT2D eigenvalue weighted by atomic mass is 10.2. The highest BCUT2D eigenvalue weighted by Crippen LogP contribution is 2.23. The van der Waals surface area contributed by atoms with Crippen molar-refractivity contribution in [2.24, 2.45) is 0 Å². The highest BCUT2D eigenvalue weighted by atomic mass is 79.9. The van der Waals surface area contributed by atoms with Crippen LogP contribution in [0.25, 0.3) is 0 Å². The number of anilines is 1. The molecule has 4 nitrogen and oxygen atoms in total. The van der Waals surface area contributed by atoms with Gasteiger partial charge in [-0.05, 0) is 24.6 Å². The zero-order valence-electron chi connectivity index (χ0n) is 10.2. The van der Waals surface area contributed by atoms with Crippen LogP contribution in [0, 0.1) is 18.3 Å². The number of nitriles is 1. The molecule has 0 saturated heterocycles. The first-order valence-corrected chi connectivity index (χ1v) is 7.29. The van der Waals surface area contributed by atoms with Crippen LogP contribution in [0.2, 0.25) is 0 Å². The Kier molecular flexibility index (Phi) is 4.40. The van der Waals surface area contributed by atoms with Crippen molar-refractivity contribution in [3.05, 3.63) is 45.6 Å². The quantitative estimate of drug-likeness (QED) is 0.688. The van der Waals surface area contributed by atoms with Crippen molar-refractivity contribution >= 4 is 33.5 Å². The normalized spacial score (nSPS) is 10.2. The first-order valence-electron chi connectivity index (χ1n) is 5.51. The molecule has 19 heavy (non-hydrogen) atoms. The second-order valence-electron chi connectivity index (χ2n) is 3.88. The highest BCUT2D eigenvalue weighted by molar-refractivity contribution is 9.10. The molecule has 0 fully saturated rings. The molecule has 1 aromatic carbocycles. The fraction of sp³-hybridized carbons (Fsp3) is 0.154. The number of hydrogen-bond donors (Lipinski definition) is 1. The van der Waals surface area contributed by atoms with E-state index >= 15 is 0 Å². The summed E-state index contributed by atoms with van der Waals surface area (Å²) < 4.78 is 1.05.